The van der Waals surface area contributed by atoms with Gasteiger partial charge in [-0.15, -0.1) is 0 Å². The molecule has 27 heavy (non-hydrogen) atoms. The third kappa shape index (κ3) is 5.43. The lowest BCUT2D eigenvalue weighted by molar-refractivity contribution is 0.287. The summed E-state index contributed by atoms with van der Waals surface area (Å²) >= 11 is 0. The monoisotopic (exact) mass is 395 g/mol. The summed E-state index contributed by atoms with van der Waals surface area (Å²) in [6, 6.07) is 9.68. The second-order valence-electron chi connectivity index (χ2n) is 6.37. The first-order chi connectivity index (χ1) is 12.8. The molecule has 0 bridgehead atoms. The van der Waals surface area contributed by atoms with Crippen LogP contribution in [0.3, 0.4) is 0 Å². The maximum atomic E-state index is 13.1. The van der Waals surface area contributed by atoms with Gasteiger partial charge in [-0.3, -0.25) is 0 Å². The van der Waals surface area contributed by atoms with Gasteiger partial charge in [0.2, 0.25) is 10.0 Å². The summed E-state index contributed by atoms with van der Waals surface area (Å²) < 4.78 is 52.5. The van der Waals surface area contributed by atoms with Crippen molar-refractivity contribution >= 4 is 10.0 Å². The van der Waals surface area contributed by atoms with Crippen molar-refractivity contribution in [1.82, 2.24) is 4.72 Å². The molecule has 1 N–H and O–H groups in total. The van der Waals surface area contributed by atoms with Gasteiger partial charge in [0, 0.05) is 6.04 Å². The van der Waals surface area contributed by atoms with Crippen LogP contribution in [0.4, 0.5) is 4.39 Å². The van der Waals surface area contributed by atoms with E-state index >= 15 is 0 Å². The van der Waals surface area contributed by atoms with Crippen LogP contribution in [0.5, 0.6) is 11.5 Å². The van der Waals surface area contributed by atoms with E-state index in [-0.39, 0.29) is 10.8 Å². The minimum Gasteiger partial charge on any atom is -0.490 e. The van der Waals surface area contributed by atoms with Gasteiger partial charge in [0.15, 0.2) is 11.5 Å². The zero-order chi connectivity index (χ0) is 20.0. The van der Waals surface area contributed by atoms with E-state index in [1.54, 1.807) is 12.1 Å². The van der Waals surface area contributed by atoms with Crippen molar-refractivity contribution in [2.24, 2.45) is 5.92 Å². The van der Waals surface area contributed by atoms with Crippen LogP contribution in [0, 0.1) is 11.7 Å². The molecule has 0 fully saturated rings. The summed E-state index contributed by atoms with van der Waals surface area (Å²) in [5, 5.41) is 0. The van der Waals surface area contributed by atoms with E-state index in [1.165, 1.54) is 12.1 Å². The highest BCUT2D eigenvalue weighted by Gasteiger charge is 2.25. The van der Waals surface area contributed by atoms with Crippen LogP contribution in [-0.4, -0.2) is 21.6 Å². The molecule has 148 valence electrons. The summed E-state index contributed by atoms with van der Waals surface area (Å²) in [7, 11) is -3.80. The van der Waals surface area contributed by atoms with Crippen LogP contribution in [0.25, 0.3) is 0 Å². The average Bonchev–Trinajstić information content (AvgIpc) is 2.62. The quantitative estimate of drug-likeness (QED) is 0.688. The summed E-state index contributed by atoms with van der Waals surface area (Å²) in [4.78, 5) is 0.0190. The maximum Gasteiger partial charge on any atom is 0.241 e. The lowest BCUT2D eigenvalue weighted by atomic mass is 9.97. The Morgan fingerprint density at radius 3 is 2.11 bits per heavy atom. The van der Waals surface area contributed by atoms with Crippen molar-refractivity contribution < 1.29 is 22.3 Å². The molecule has 2 aromatic carbocycles. The van der Waals surface area contributed by atoms with Crippen LogP contribution >= 0.6 is 0 Å². The summed E-state index contributed by atoms with van der Waals surface area (Å²) in [6.07, 6.45) is 0. The van der Waals surface area contributed by atoms with Gasteiger partial charge in [0.1, 0.15) is 5.82 Å². The minimum absolute atomic E-state index is 0.0190. The Hall–Kier alpha value is -2.12. The molecule has 2 rings (SSSR count). The van der Waals surface area contributed by atoms with Crippen molar-refractivity contribution in [2.45, 2.75) is 38.6 Å². The summed E-state index contributed by atoms with van der Waals surface area (Å²) in [5.41, 5.74) is 0.766. The van der Waals surface area contributed by atoms with E-state index in [2.05, 4.69) is 4.72 Å². The van der Waals surface area contributed by atoms with Gasteiger partial charge in [0.25, 0.3) is 0 Å². The minimum atomic E-state index is -3.80. The number of hydrogen-bond donors (Lipinski definition) is 1. The molecule has 1 atom stereocenters. The van der Waals surface area contributed by atoms with Gasteiger partial charge < -0.3 is 9.47 Å². The zero-order valence-corrected chi connectivity index (χ0v) is 16.8. The van der Waals surface area contributed by atoms with Crippen LogP contribution in [0.1, 0.15) is 39.3 Å². The Bertz CT molecular complexity index is 851. The Kier molecular flexibility index (Phi) is 7.21. The van der Waals surface area contributed by atoms with Crippen molar-refractivity contribution in [1.29, 1.82) is 0 Å². The molecule has 0 heterocycles. The topological polar surface area (TPSA) is 64.6 Å². The fourth-order valence-corrected chi connectivity index (χ4v) is 4.07. The van der Waals surface area contributed by atoms with Gasteiger partial charge in [-0.05, 0) is 61.7 Å². The van der Waals surface area contributed by atoms with E-state index in [1.807, 2.05) is 33.8 Å². The number of rotatable bonds is 9. The highest BCUT2D eigenvalue weighted by molar-refractivity contribution is 7.89. The van der Waals surface area contributed by atoms with E-state index in [4.69, 9.17) is 9.47 Å². The van der Waals surface area contributed by atoms with Gasteiger partial charge in [-0.2, -0.15) is 0 Å². The number of ether oxygens (including phenoxy) is 2. The van der Waals surface area contributed by atoms with E-state index in [0.29, 0.717) is 24.7 Å². The molecule has 0 spiro atoms. The number of nitrogens with one attached hydrogen (secondary N) is 1. The highest BCUT2D eigenvalue weighted by atomic mass is 32.2. The molecule has 0 aromatic heterocycles. The number of benzene rings is 2. The van der Waals surface area contributed by atoms with E-state index in [0.717, 1.165) is 17.7 Å². The van der Waals surface area contributed by atoms with Gasteiger partial charge >= 0.3 is 0 Å². The third-order valence-electron chi connectivity index (χ3n) is 4.00. The molecule has 0 aliphatic heterocycles. The Morgan fingerprint density at radius 1 is 0.963 bits per heavy atom. The molecule has 2 aromatic rings. The highest BCUT2D eigenvalue weighted by Crippen LogP contribution is 2.33. The van der Waals surface area contributed by atoms with Crippen LogP contribution in [-0.2, 0) is 10.0 Å². The van der Waals surface area contributed by atoms with Gasteiger partial charge in [0.05, 0.1) is 18.1 Å². The molecule has 0 aliphatic carbocycles. The van der Waals surface area contributed by atoms with Gasteiger partial charge in [-0.25, -0.2) is 17.5 Å². The van der Waals surface area contributed by atoms with Crippen molar-refractivity contribution in [3.63, 3.8) is 0 Å². The first-order valence-corrected chi connectivity index (χ1v) is 10.4. The number of sulfonamides is 1. The second kappa shape index (κ2) is 9.19. The fraction of sp³-hybridized carbons (Fsp3) is 0.400. The molecular formula is C20H26FNO4S. The van der Waals surface area contributed by atoms with Crippen LogP contribution < -0.4 is 14.2 Å². The van der Waals surface area contributed by atoms with Gasteiger partial charge in [-0.1, -0.05) is 19.9 Å². The number of hydrogen-bond acceptors (Lipinski definition) is 4. The number of halogens is 1. The third-order valence-corrected chi connectivity index (χ3v) is 5.46. The normalized spacial score (nSPS) is 12.8. The molecule has 5 nitrogen and oxygen atoms in total. The lowest BCUT2D eigenvalue weighted by Gasteiger charge is -2.24. The molecule has 7 heteroatoms. The molecule has 0 amide bonds. The van der Waals surface area contributed by atoms with Crippen molar-refractivity contribution in [3.8, 4) is 11.5 Å². The molecular weight excluding hydrogens is 369 g/mol. The maximum absolute atomic E-state index is 13.1. The SMILES string of the molecule is CCOc1ccc(C(NS(=O)(=O)c2ccc(F)cc2)C(C)C)cc1OCC. The smallest absolute Gasteiger partial charge is 0.241 e. The van der Waals surface area contributed by atoms with E-state index < -0.39 is 21.9 Å². The Labute approximate surface area is 160 Å². The fourth-order valence-electron chi connectivity index (χ4n) is 2.70. The summed E-state index contributed by atoms with van der Waals surface area (Å²) in [6.45, 7) is 8.58. The molecule has 0 aliphatic rings. The largest absolute Gasteiger partial charge is 0.490 e. The Balaban J connectivity index is 2.37. The predicted molar refractivity (Wildman–Crippen MR) is 103 cm³/mol. The standard InChI is InChI=1S/C20H26FNO4S/c1-5-25-18-12-7-15(13-19(18)26-6-2)20(14(3)4)22-27(23,24)17-10-8-16(21)9-11-17/h7-14,20,22H,5-6H2,1-4H3. The molecule has 1 unspecified atom stereocenters. The zero-order valence-electron chi connectivity index (χ0n) is 16.0. The van der Waals surface area contributed by atoms with Crippen LogP contribution in [0.2, 0.25) is 0 Å². The average molecular weight is 395 g/mol. The van der Waals surface area contributed by atoms with Crippen molar-refractivity contribution in [3.05, 3.63) is 53.8 Å². The first kappa shape index (κ1) is 21.2. The van der Waals surface area contributed by atoms with E-state index in [9.17, 15) is 12.8 Å². The second-order valence-corrected chi connectivity index (χ2v) is 8.08. The molecule has 0 radical (unpaired) electrons. The lowest BCUT2D eigenvalue weighted by Crippen LogP contribution is -2.31. The first-order valence-electron chi connectivity index (χ1n) is 8.96. The molecule has 0 saturated carbocycles. The van der Waals surface area contributed by atoms with Crippen molar-refractivity contribution in [2.75, 3.05) is 13.2 Å². The summed E-state index contributed by atoms with van der Waals surface area (Å²) in [5.74, 6) is 0.686. The molecule has 0 saturated heterocycles. The van der Waals surface area contributed by atoms with Crippen LogP contribution in [0.15, 0.2) is 47.4 Å². The Morgan fingerprint density at radius 2 is 1.56 bits per heavy atom. The predicted octanol–water partition coefficient (Wildman–Crippen LogP) is 4.30.